The molecule has 0 radical (unpaired) electrons. The van der Waals surface area contributed by atoms with Gasteiger partial charge in [-0.1, -0.05) is 54.4 Å². The second-order valence-electron chi connectivity index (χ2n) is 4.78. The van der Waals surface area contributed by atoms with E-state index in [1.807, 2.05) is 17.2 Å². The van der Waals surface area contributed by atoms with Crippen molar-refractivity contribution in [1.29, 1.82) is 0 Å². The molecule has 20 heavy (non-hydrogen) atoms. The van der Waals surface area contributed by atoms with Crippen molar-refractivity contribution in [2.45, 2.75) is 12.8 Å². The molecule has 0 saturated heterocycles. The third-order valence-electron chi connectivity index (χ3n) is 3.40. The topological polar surface area (TPSA) is 0 Å². The number of allylic oxidation sites excluding steroid dienone is 5. The standard InChI is InChI=1S/C18H17PS/c19-12-6-10-16-15-9-4-5-11-17(15)20-18(16)13-14-7-2-1-3-8-14/h1-2,4-7,9-13H,3,8,19H2/b12-6-,16-10-,18-13-. The van der Waals surface area contributed by atoms with E-state index in [9.17, 15) is 0 Å². The Hall–Kier alpha value is -1.43. The highest BCUT2D eigenvalue weighted by molar-refractivity contribution is 7.20. The van der Waals surface area contributed by atoms with Crippen LogP contribution in [-0.4, -0.2) is 0 Å². The molecule has 1 heterocycles. The number of rotatable bonds is 2. The molecular formula is C18H17PS. The van der Waals surface area contributed by atoms with Crippen molar-refractivity contribution in [3.8, 4) is 0 Å². The molecule has 1 aromatic heterocycles. The van der Waals surface area contributed by atoms with Crippen LogP contribution in [-0.2, 0) is 0 Å². The summed E-state index contributed by atoms with van der Waals surface area (Å²) in [5.41, 5.74) is 1.42. The molecule has 0 bridgehead atoms. The highest BCUT2D eigenvalue weighted by Gasteiger charge is 2.01. The predicted molar refractivity (Wildman–Crippen MR) is 95.3 cm³/mol. The van der Waals surface area contributed by atoms with E-state index in [-0.39, 0.29) is 0 Å². The first-order valence-corrected chi connectivity index (χ1v) is 8.30. The van der Waals surface area contributed by atoms with E-state index in [2.05, 4.69) is 70.0 Å². The number of fused-ring (bicyclic) bond motifs is 1. The molecule has 0 spiro atoms. The molecule has 2 aromatic rings. The second kappa shape index (κ2) is 6.35. The molecule has 0 amide bonds. The van der Waals surface area contributed by atoms with E-state index in [1.165, 1.54) is 25.4 Å². The second-order valence-corrected chi connectivity index (χ2v) is 6.25. The Bertz CT molecular complexity index is 819. The summed E-state index contributed by atoms with van der Waals surface area (Å²) < 4.78 is 2.71. The van der Waals surface area contributed by atoms with Crippen molar-refractivity contribution < 1.29 is 0 Å². The maximum absolute atomic E-state index is 2.63. The van der Waals surface area contributed by atoms with Gasteiger partial charge in [-0.25, -0.2) is 0 Å². The summed E-state index contributed by atoms with van der Waals surface area (Å²) in [6.07, 6.45) is 15.5. The Kier molecular flexibility index (Phi) is 4.30. The van der Waals surface area contributed by atoms with Gasteiger partial charge in [0.05, 0.1) is 0 Å². The van der Waals surface area contributed by atoms with Gasteiger partial charge < -0.3 is 0 Å². The molecule has 0 aliphatic heterocycles. The van der Waals surface area contributed by atoms with Crippen LogP contribution in [0, 0.1) is 0 Å². The number of benzene rings is 1. The molecule has 1 atom stereocenters. The highest BCUT2D eigenvalue weighted by Crippen LogP contribution is 2.15. The highest BCUT2D eigenvalue weighted by atomic mass is 32.1. The minimum atomic E-state index is 1.14. The molecule has 0 fully saturated rings. The van der Waals surface area contributed by atoms with Crippen LogP contribution in [0.2, 0.25) is 0 Å². The largest absolute Gasteiger partial charge is 0.135 e. The maximum Gasteiger partial charge on any atom is 0.0358 e. The fraction of sp³-hybridized carbons (Fsp3) is 0.111. The Morgan fingerprint density at radius 3 is 2.90 bits per heavy atom. The fourth-order valence-electron chi connectivity index (χ4n) is 2.43. The van der Waals surface area contributed by atoms with Crippen molar-refractivity contribution in [3.05, 3.63) is 69.7 Å². The average molecular weight is 296 g/mol. The number of thiophene rings is 1. The Balaban J connectivity index is 2.27. The molecule has 2 heteroatoms. The van der Waals surface area contributed by atoms with Crippen LogP contribution < -0.4 is 9.75 Å². The van der Waals surface area contributed by atoms with Crippen molar-refractivity contribution in [2.75, 3.05) is 0 Å². The molecule has 1 aliphatic rings. The molecule has 0 N–H and O–H groups in total. The molecule has 3 rings (SSSR count). The Morgan fingerprint density at radius 2 is 2.10 bits per heavy atom. The van der Waals surface area contributed by atoms with Gasteiger partial charge in [-0.05, 0) is 30.6 Å². The first-order valence-electron chi connectivity index (χ1n) is 6.82. The Labute approximate surface area is 125 Å². The summed E-state index contributed by atoms with van der Waals surface area (Å²) >= 11 is 1.88. The summed E-state index contributed by atoms with van der Waals surface area (Å²) in [5.74, 6) is 2.00. The average Bonchev–Trinajstić information content (AvgIpc) is 2.83. The van der Waals surface area contributed by atoms with Crippen LogP contribution in [0.5, 0.6) is 0 Å². The normalized spacial score (nSPS) is 17.4. The predicted octanol–water partition coefficient (Wildman–Crippen LogP) is 4.13. The molecule has 0 nitrogen and oxygen atoms in total. The maximum atomic E-state index is 2.63. The smallest absolute Gasteiger partial charge is 0.0358 e. The van der Waals surface area contributed by atoms with E-state index in [4.69, 9.17) is 0 Å². The lowest BCUT2D eigenvalue weighted by Crippen LogP contribution is -2.18. The summed E-state index contributed by atoms with van der Waals surface area (Å²) in [6.45, 7) is 0. The molecule has 100 valence electrons. The monoisotopic (exact) mass is 296 g/mol. The van der Waals surface area contributed by atoms with E-state index in [0.29, 0.717) is 0 Å². The van der Waals surface area contributed by atoms with Crippen LogP contribution in [0.3, 0.4) is 0 Å². The minimum Gasteiger partial charge on any atom is -0.135 e. The number of hydrogen-bond donors (Lipinski definition) is 0. The van der Waals surface area contributed by atoms with Gasteiger partial charge in [0.25, 0.3) is 0 Å². The van der Waals surface area contributed by atoms with Crippen molar-refractivity contribution in [1.82, 2.24) is 0 Å². The first kappa shape index (κ1) is 13.5. The molecule has 1 unspecified atom stereocenters. The van der Waals surface area contributed by atoms with Gasteiger partial charge in [-0.15, -0.1) is 20.6 Å². The van der Waals surface area contributed by atoms with E-state index >= 15 is 0 Å². The van der Waals surface area contributed by atoms with Crippen LogP contribution >= 0.6 is 20.6 Å². The summed E-state index contributed by atoms with van der Waals surface area (Å²) in [4.78, 5) is 0. The molecule has 1 aromatic carbocycles. The van der Waals surface area contributed by atoms with Crippen molar-refractivity contribution >= 4 is 42.8 Å². The van der Waals surface area contributed by atoms with Crippen molar-refractivity contribution in [3.63, 3.8) is 0 Å². The summed E-state index contributed by atoms with van der Waals surface area (Å²) in [7, 11) is 2.63. The zero-order chi connectivity index (χ0) is 13.8. The van der Waals surface area contributed by atoms with Crippen LogP contribution in [0.1, 0.15) is 12.8 Å². The van der Waals surface area contributed by atoms with Crippen LogP contribution in [0.4, 0.5) is 0 Å². The molecule has 1 aliphatic carbocycles. The van der Waals surface area contributed by atoms with E-state index in [1.54, 1.807) is 0 Å². The third-order valence-corrected chi connectivity index (χ3v) is 4.75. The fourth-order valence-corrected chi connectivity index (χ4v) is 3.71. The van der Waals surface area contributed by atoms with E-state index < -0.39 is 0 Å². The van der Waals surface area contributed by atoms with Gasteiger partial charge in [0.2, 0.25) is 0 Å². The van der Waals surface area contributed by atoms with Crippen LogP contribution in [0.15, 0.2) is 60.0 Å². The Morgan fingerprint density at radius 1 is 1.20 bits per heavy atom. The molecule has 0 saturated carbocycles. The first-order chi connectivity index (χ1) is 9.88. The van der Waals surface area contributed by atoms with Gasteiger partial charge in [0.1, 0.15) is 0 Å². The van der Waals surface area contributed by atoms with Crippen molar-refractivity contribution in [2.24, 2.45) is 0 Å². The van der Waals surface area contributed by atoms with Gasteiger partial charge in [0.15, 0.2) is 0 Å². The van der Waals surface area contributed by atoms with Gasteiger partial charge >= 0.3 is 0 Å². The van der Waals surface area contributed by atoms with Crippen LogP contribution in [0.25, 0.3) is 22.2 Å². The summed E-state index contributed by atoms with van der Waals surface area (Å²) in [6, 6.07) is 8.64. The van der Waals surface area contributed by atoms with Gasteiger partial charge in [-0.3, -0.25) is 0 Å². The van der Waals surface area contributed by atoms with Gasteiger partial charge in [-0.2, -0.15) is 0 Å². The minimum absolute atomic E-state index is 1.14. The zero-order valence-electron chi connectivity index (χ0n) is 11.3. The quantitative estimate of drug-likeness (QED) is 0.731. The summed E-state index contributed by atoms with van der Waals surface area (Å²) in [5, 5.41) is 2.68. The SMILES string of the molecule is P\C=C/C=c1\c(=C\C2=CC=CCC2)sc2ccccc12. The lowest BCUT2D eigenvalue weighted by molar-refractivity contribution is 1.00. The third kappa shape index (κ3) is 2.85. The number of hydrogen-bond acceptors (Lipinski definition) is 1. The van der Waals surface area contributed by atoms with E-state index in [0.717, 1.165) is 12.8 Å². The lowest BCUT2D eigenvalue weighted by atomic mass is 10.0. The zero-order valence-corrected chi connectivity index (χ0v) is 13.2. The lowest BCUT2D eigenvalue weighted by Gasteiger charge is -2.01. The van der Waals surface area contributed by atoms with Gasteiger partial charge in [0, 0.05) is 19.8 Å². The molecular weight excluding hydrogens is 279 g/mol.